The van der Waals surface area contributed by atoms with Crippen LogP contribution in [0.1, 0.15) is 24.0 Å². The van der Waals surface area contributed by atoms with E-state index in [1.807, 2.05) is 54.6 Å². The molecule has 188 valence electrons. The third kappa shape index (κ3) is 5.52. The molecule has 0 radical (unpaired) electrons. The van der Waals surface area contributed by atoms with Crippen LogP contribution in [-0.2, 0) is 9.59 Å². The molecule has 2 aliphatic heterocycles. The maximum atomic E-state index is 13.9. The molecular formula is C29H27ClN4O3. The van der Waals surface area contributed by atoms with E-state index in [0.717, 1.165) is 29.5 Å². The van der Waals surface area contributed by atoms with Crippen molar-refractivity contribution in [3.63, 3.8) is 0 Å². The average molecular weight is 515 g/mol. The molecule has 1 saturated heterocycles. The maximum Gasteiger partial charge on any atom is 0.320 e. The minimum Gasteiger partial charge on any atom is -0.341 e. The molecule has 37 heavy (non-hydrogen) atoms. The number of urea groups is 1. The molecule has 8 heteroatoms. The topological polar surface area (TPSA) is 81.8 Å². The molecule has 4 amide bonds. The molecule has 0 bridgehead atoms. The summed E-state index contributed by atoms with van der Waals surface area (Å²) in [5.74, 6) is -0.488. The average Bonchev–Trinajstić information content (AvgIpc) is 3.42. The second kappa shape index (κ2) is 10.9. The van der Waals surface area contributed by atoms with Crippen molar-refractivity contribution in [2.45, 2.75) is 18.9 Å². The van der Waals surface area contributed by atoms with E-state index in [0.29, 0.717) is 29.5 Å². The van der Waals surface area contributed by atoms with E-state index in [-0.39, 0.29) is 18.4 Å². The molecule has 7 nitrogen and oxygen atoms in total. The Morgan fingerprint density at radius 3 is 2.41 bits per heavy atom. The van der Waals surface area contributed by atoms with E-state index in [2.05, 4.69) is 10.6 Å². The van der Waals surface area contributed by atoms with E-state index in [1.54, 1.807) is 35.2 Å². The number of halogens is 1. The van der Waals surface area contributed by atoms with E-state index in [1.165, 1.54) is 4.90 Å². The quantitative estimate of drug-likeness (QED) is 0.506. The zero-order valence-electron chi connectivity index (χ0n) is 20.2. The van der Waals surface area contributed by atoms with Gasteiger partial charge in [-0.05, 0) is 54.3 Å². The Labute approximate surface area is 220 Å². The van der Waals surface area contributed by atoms with Crippen LogP contribution in [0, 0.1) is 0 Å². The lowest BCUT2D eigenvalue weighted by molar-refractivity contribution is -0.130. The molecular weight excluding hydrogens is 488 g/mol. The fourth-order valence-corrected chi connectivity index (χ4v) is 4.95. The van der Waals surface area contributed by atoms with Gasteiger partial charge in [-0.3, -0.25) is 9.59 Å². The van der Waals surface area contributed by atoms with Gasteiger partial charge in [-0.2, -0.15) is 0 Å². The van der Waals surface area contributed by atoms with Gasteiger partial charge in [0, 0.05) is 29.4 Å². The molecule has 0 aromatic heterocycles. The zero-order chi connectivity index (χ0) is 25.8. The van der Waals surface area contributed by atoms with Crippen LogP contribution < -0.4 is 15.5 Å². The number of benzene rings is 3. The van der Waals surface area contributed by atoms with Crippen molar-refractivity contribution in [2.75, 3.05) is 29.9 Å². The summed E-state index contributed by atoms with van der Waals surface area (Å²) in [7, 11) is 0. The van der Waals surface area contributed by atoms with Crippen LogP contribution in [0.3, 0.4) is 0 Å². The lowest BCUT2D eigenvalue weighted by Gasteiger charge is -2.27. The predicted octanol–water partition coefficient (Wildman–Crippen LogP) is 4.93. The molecule has 2 N–H and O–H groups in total. The van der Waals surface area contributed by atoms with Crippen LogP contribution in [0.5, 0.6) is 0 Å². The van der Waals surface area contributed by atoms with Crippen LogP contribution in [0.2, 0.25) is 5.02 Å². The number of nitrogens with one attached hydrogen (secondary N) is 2. The Morgan fingerprint density at radius 1 is 0.919 bits per heavy atom. The molecule has 3 aromatic carbocycles. The minimum atomic E-state index is -1.01. The Bertz CT molecular complexity index is 1350. The van der Waals surface area contributed by atoms with Gasteiger partial charge in [-0.1, -0.05) is 66.2 Å². The van der Waals surface area contributed by atoms with Crippen molar-refractivity contribution in [3.05, 3.63) is 101 Å². The van der Waals surface area contributed by atoms with Crippen LogP contribution in [-0.4, -0.2) is 48.4 Å². The third-order valence-electron chi connectivity index (χ3n) is 6.56. The number of carbonyl (C=O) groups is 3. The first kappa shape index (κ1) is 24.6. The van der Waals surface area contributed by atoms with E-state index in [9.17, 15) is 14.4 Å². The van der Waals surface area contributed by atoms with E-state index >= 15 is 0 Å². The summed E-state index contributed by atoms with van der Waals surface area (Å²) in [6.07, 6.45) is 3.68. The molecule has 2 heterocycles. The van der Waals surface area contributed by atoms with Gasteiger partial charge in [0.1, 0.15) is 12.6 Å². The van der Waals surface area contributed by atoms with Crippen LogP contribution in [0.15, 0.2) is 84.9 Å². The largest absolute Gasteiger partial charge is 0.341 e. The lowest BCUT2D eigenvalue weighted by Crippen LogP contribution is -2.51. The second-order valence-corrected chi connectivity index (χ2v) is 9.50. The predicted molar refractivity (Wildman–Crippen MR) is 146 cm³/mol. The Morgan fingerprint density at radius 2 is 1.65 bits per heavy atom. The molecule has 1 atom stereocenters. The van der Waals surface area contributed by atoms with E-state index < -0.39 is 12.1 Å². The molecule has 1 unspecified atom stereocenters. The van der Waals surface area contributed by atoms with Crippen molar-refractivity contribution in [2.24, 2.45) is 0 Å². The summed E-state index contributed by atoms with van der Waals surface area (Å²) < 4.78 is 0. The summed E-state index contributed by atoms with van der Waals surface area (Å²) in [5, 5.41) is 6.02. The van der Waals surface area contributed by atoms with Gasteiger partial charge in [0.15, 0.2) is 0 Å². The van der Waals surface area contributed by atoms with Crippen molar-refractivity contribution < 1.29 is 14.4 Å². The van der Waals surface area contributed by atoms with Crippen molar-refractivity contribution >= 4 is 46.4 Å². The summed E-state index contributed by atoms with van der Waals surface area (Å²) in [6.45, 7) is 1.29. The fraction of sp³-hybridized carbons (Fsp3) is 0.207. The number of hydrogen-bond donors (Lipinski definition) is 2. The van der Waals surface area contributed by atoms with Gasteiger partial charge in [0.25, 0.3) is 5.91 Å². The SMILES string of the molecule is O=C(Nc1cccc(Cl)c1)NC1C=C(c2ccccc2)c2ccccc2N(CC(=O)N2CCCC2)C1=O. The number of fused-ring (bicyclic) bond motifs is 1. The first-order valence-electron chi connectivity index (χ1n) is 12.3. The van der Waals surface area contributed by atoms with Gasteiger partial charge in [-0.25, -0.2) is 4.79 Å². The number of amides is 4. The zero-order valence-corrected chi connectivity index (χ0v) is 20.9. The van der Waals surface area contributed by atoms with Crippen molar-refractivity contribution in [3.8, 4) is 0 Å². The standard InChI is InChI=1S/C29H27ClN4O3/c30-21-11-8-12-22(17-21)31-29(37)32-25-18-24(20-9-2-1-3-10-20)23-13-4-5-14-26(23)34(28(25)36)19-27(35)33-15-6-7-16-33/h1-5,8-14,17-18,25H,6-7,15-16,19H2,(H2,31,32,37). The summed E-state index contributed by atoms with van der Waals surface area (Å²) >= 11 is 6.05. The van der Waals surface area contributed by atoms with Gasteiger partial charge >= 0.3 is 6.03 Å². The van der Waals surface area contributed by atoms with Crippen molar-refractivity contribution in [1.82, 2.24) is 10.2 Å². The third-order valence-corrected chi connectivity index (χ3v) is 6.79. The molecule has 3 aromatic rings. The number of para-hydroxylation sites is 1. The molecule has 0 spiro atoms. The van der Waals surface area contributed by atoms with Crippen LogP contribution in [0.25, 0.3) is 5.57 Å². The highest BCUT2D eigenvalue weighted by atomic mass is 35.5. The van der Waals surface area contributed by atoms with Crippen LogP contribution >= 0.6 is 11.6 Å². The normalized spacial score (nSPS) is 17.1. The maximum absolute atomic E-state index is 13.9. The number of nitrogens with zero attached hydrogens (tertiary/aromatic N) is 2. The Balaban J connectivity index is 1.51. The van der Waals surface area contributed by atoms with Crippen LogP contribution in [0.4, 0.5) is 16.2 Å². The van der Waals surface area contributed by atoms with Gasteiger partial charge in [0.2, 0.25) is 5.91 Å². The van der Waals surface area contributed by atoms with Gasteiger partial charge < -0.3 is 20.4 Å². The fourth-order valence-electron chi connectivity index (χ4n) is 4.76. The molecule has 1 fully saturated rings. The lowest BCUT2D eigenvalue weighted by atomic mass is 9.95. The highest BCUT2D eigenvalue weighted by molar-refractivity contribution is 6.30. The van der Waals surface area contributed by atoms with E-state index in [4.69, 9.17) is 11.6 Å². The first-order valence-corrected chi connectivity index (χ1v) is 12.7. The first-order chi connectivity index (χ1) is 18.0. The van der Waals surface area contributed by atoms with Crippen molar-refractivity contribution in [1.29, 1.82) is 0 Å². The number of carbonyl (C=O) groups excluding carboxylic acids is 3. The highest BCUT2D eigenvalue weighted by Gasteiger charge is 2.34. The smallest absolute Gasteiger partial charge is 0.320 e. The Hall–Kier alpha value is -4.10. The monoisotopic (exact) mass is 514 g/mol. The minimum absolute atomic E-state index is 0.0974. The molecule has 2 aliphatic rings. The number of hydrogen-bond acceptors (Lipinski definition) is 3. The van der Waals surface area contributed by atoms with Gasteiger partial charge in [0.05, 0.1) is 5.69 Å². The summed E-state index contributed by atoms with van der Waals surface area (Å²) in [4.78, 5) is 43.3. The summed E-state index contributed by atoms with van der Waals surface area (Å²) in [5.41, 5.74) is 3.65. The second-order valence-electron chi connectivity index (χ2n) is 9.06. The summed E-state index contributed by atoms with van der Waals surface area (Å²) in [6, 6.07) is 22.4. The van der Waals surface area contributed by atoms with Gasteiger partial charge in [-0.15, -0.1) is 0 Å². The number of likely N-dealkylation sites (tertiary alicyclic amines) is 1. The molecule has 0 saturated carbocycles. The molecule has 5 rings (SSSR count). The number of anilines is 2. The molecule has 0 aliphatic carbocycles. The number of rotatable bonds is 5. The Kier molecular flexibility index (Phi) is 7.23. The highest BCUT2D eigenvalue weighted by Crippen LogP contribution is 2.35.